The summed E-state index contributed by atoms with van der Waals surface area (Å²) in [6.07, 6.45) is 13.6. The van der Waals surface area contributed by atoms with Crippen molar-refractivity contribution in [2.24, 2.45) is 0 Å². The van der Waals surface area contributed by atoms with Crippen LogP contribution in [0.4, 0.5) is 0 Å². The Balaban J connectivity index is 2.35. The minimum atomic E-state index is -1.21. The van der Waals surface area contributed by atoms with Crippen LogP contribution in [0.5, 0.6) is 0 Å². The Hall–Kier alpha value is -0.280. The maximum Gasteiger partial charge on any atom is 0.259 e. The van der Waals surface area contributed by atoms with Crippen molar-refractivity contribution in [2.75, 3.05) is 19.7 Å². The van der Waals surface area contributed by atoms with Gasteiger partial charge in [-0.3, -0.25) is 4.90 Å². The predicted octanol–water partition coefficient (Wildman–Crippen LogP) is 6.59. The van der Waals surface area contributed by atoms with Crippen LogP contribution >= 0.6 is 8.53 Å². The first kappa shape index (κ1) is 29.8. The van der Waals surface area contributed by atoms with Crippen LogP contribution in [0.15, 0.2) is 0 Å². The molecule has 1 N–H and O–H groups in total. The molecule has 1 heterocycles. The zero-order valence-corrected chi connectivity index (χ0v) is 22.4. The molecule has 1 fully saturated rings. The van der Waals surface area contributed by atoms with Crippen LogP contribution in [0.3, 0.4) is 0 Å². The molecule has 6 nitrogen and oxygen atoms in total. The maximum atomic E-state index is 10.7. The molecule has 32 heavy (non-hydrogen) atoms. The summed E-state index contributed by atoms with van der Waals surface area (Å²) >= 11 is 0. The van der Waals surface area contributed by atoms with E-state index in [2.05, 4.69) is 50.3 Å². The van der Waals surface area contributed by atoms with Crippen LogP contribution in [0.25, 0.3) is 0 Å². The molecule has 2 unspecified atom stereocenters. The third-order valence-corrected chi connectivity index (χ3v) is 8.25. The normalized spacial score (nSPS) is 19.2. The molecule has 1 aliphatic heterocycles. The summed E-state index contributed by atoms with van der Waals surface area (Å²) in [4.78, 5) is 2.16. The van der Waals surface area contributed by atoms with Crippen LogP contribution in [-0.4, -0.2) is 58.8 Å². The fourth-order valence-corrected chi connectivity index (χ4v) is 6.08. The SMILES string of the molecule is CCCCCCCCCCCC(O)N1CC[C@H](OP(OCCC#N)N(C(C)C)C(C)C)C1. The molecule has 188 valence electrons. The number of hydrogen-bond donors (Lipinski definition) is 1. The fourth-order valence-electron chi connectivity index (χ4n) is 4.35. The average Bonchev–Trinajstić information content (AvgIpc) is 3.20. The van der Waals surface area contributed by atoms with Gasteiger partial charge >= 0.3 is 0 Å². The summed E-state index contributed by atoms with van der Waals surface area (Å²) in [5.74, 6) is 0. The van der Waals surface area contributed by atoms with Crippen molar-refractivity contribution in [2.45, 2.75) is 136 Å². The molecule has 1 rings (SSSR count). The number of nitrogens with zero attached hydrogens (tertiary/aromatic N) is 3. The molecular weight excluding hydrogens is 421 g/mol. The average molecular weight is 472 g/mol. The summed E-state index contributed by atoms with van der Waals surface area (Å²) in [6.45, 7) is 12.9. The van der Waals surface area contributed by atoms with Gasteiger partial charge in [0.15, 0.2) is 0 Å². The van der Waals surface area contributed by atoms with Gasteiger partial charge in [-0.05, 0) is 47.0 Å². The summed E-state index contributed by atoms with van der Waals surface area (Å²) < 4.78 is 14.7. The molecule has 0 amide bonds. The highest BCUT2D eigenvalue weighted by atomic mass is 31.2. The Morgan fingerprint density at radius 1 is 1.03 bits per heavy atom. The molecule has 0 aromatic carbocycles. The molecule has 0 saturated carbocycles. The summed E-state index contributed by atoms with van der Waals surface area (Å²) in [6, 6.07) is 2.76. The Labute approximate surface area is 199 Å². The van der Waals surface area contributed by atoms with E-state index in [1.54, 1.807) is 0 Å². The van der Waals surface area contributed by atoms with Gasteiger partial charge in [0.1, 0.15) is 6.23 Å². The van der Waals surface area contributed by atoms with E-state index in [9.17, 15) is 5.11 Å². The van der Waals surface area contributed by atoms with E-state index in [1.165, 1.54) is 51.4 Å². The first-order valence-electron chi connectivity index (χ1n) is 13.1. The number of likely N-dealkylation sites (tertiary alicyclic amines) is 1. The van der Waals surface area contributed by atoms with E-state index in [1.807, 2.05) is 0 Å². The predicted molar refractivity (Wildman–Crippen MR) is 134 cm³/mol. The highest BCUT2D eigenvalue weighted by molar-refractivity contribution is 7.44. The van der Waals surface area contributed by atoms with Crippen LogP contribution in [0, 0.1) is 11.3 Å². The number of aliphatic hydroxyl groups is 1. The second-order valence-electron chi connectivity index (χ2n) is 9.66. The minimum Gasteiger partial charge on any atom is -0.378 e. The Morgan fingerprint density at radius 2 is 1.62 bits per heavy atom. The van der Waals surface area contributed by atoms with Crippen LogP contribution < -0.4 is 0 Å². The highest BCUT2D eigenvalue weighted by Gasteiger charge is 2.34. The third kappa shape index (κ3) is 12.3. The molecule has 0 aromatic heterocycles. The standard InChI is InChI=1S/C25H50N3O3P/c1-6-7-8-9-10-11-12-13-14-16-25(29)27-19-17-24(21-27)31-32(30-20-15-18-26)28(22(2)3)23(4)5/h22-25,29H,6-17,19-21H2,1-5H3/t24-,25?,32?/m0/s1. The van der Waals surface area contributed by atoms with Crippen molar-refractivity contribution < 1.29 is 14.2 Å². The molecule has 0 bridgehead atoms. The van der Waals surface area contributed by atoms with Crippen molar-refractivity contribution in [3.05, 3.63) is 0 Å². The number of unbranched alkanes of at least 4 members (excludes halogenated alkanes) is 8. The molecule has 1 aliphatic rings. The van der Waals surface area contributed by atoms with Gasteiger partial charge in [-0.25, -0.2) is 4.67 Å². The second-order valence-corrected chi connectivity index (χ2v) is 11.1. The van der Waals surface area contributed by atoms with Gasteiger partial charge < -0.3 is 14.2 Å². The van der Waals surface area contributed by atoms with E-state index >= 15 is 0 Å². The minimum absolute atomic E-state index is 0.0703. The maximum absolute atomic E-state index is 10.7. The summed E-state index contributed by atoms with van der Waals surface area (Å²) in [7, 11) is -1.21. The van der Waals surface area contributed by atoms with Crippen molar-refractivity contribution >= 4 is 8.53 Å². The third-order valence-electron chi connectivity index (χ3n) is 6.07. The lowest BCUT2D eigenvalue weighted by Gasteiger charge is -2.36. The molecule has 0 radical (unpaired) electrons. The molecule has 7 heteroatoms. The molecular formula is C25H50N3O3P. The molecule has 1 saturated heterocycles. The van der Waals surface area contributed by atoms with E-state index in [0.717, 1.165) is 32.4 Å². The number of aliphatic hydroxyl groups excluding tert-OH is 1. The first-order chi connectivity index (χ1) is 15.4. The van der Waals surface area contributed by atoms with Gasteiger partial charge in [0.05, 0.1) is 25.2 Å². The highest BCUT2D eigenvalue weighted by Crippen LogP contribution is 2.48. The second kappa shape index (κ2) is 18.1. The smallest absolute Gasteiger partial charge is 0.259 e. The van der Waals surface area contributed by atoms with Gasteiger partial charge in [0, 0.05) is 25.2 Å². The van der Waals surface area contributed by atoms with Gasteiger partial charge in [0.25, 0.3) is 8.53 Å². The quantitative estimate of drug-likeness (QED) is 0.169. The molecule has 0 aliphatic carbocycles. The van der Waals surface area contributed by atoms with Crippen LogP contribution in [0.1, 0.15) is 112 Å². The van der Waals surface area contributed by atoms with Crippen LogP contribution in [0.2, 0.25) is 0 Å². The van der Waals surface area contributed by atoms with E-state index in [0.29, 0.717) is 25.1 Å². The zero-order valence-electron chi connectivity index (χ0n) is 21.5. The van der Waals surface area contributed by atoms with Gasteiger partial charge in [-0.2, -0.15) is 5.26 Å². The van der Waals surface area contributed by atoms with Gasteiger partial charge in [-0.15, -0.1) is 0 Å². The van der Waals surface area contributed by atoms with Crippen LogP contribution in [-0.2, 0) is 9.05 Å². The summed E-state index contributed by atoms with van der Waals surface area (Å²) in [5, 5.41) is 19.5. The largest absolute Gasteiger partial charge is 0.378 e. The Bertz CT molecular complexity index is 493. The van der Waals surface area contributed by atoms with Gasteiger partial charge in [-0.1, -0.05) is 58.3 Å². The Morgan fingerprint density at radius 3 is 2.19 bits per heavy atom. The zero-order chi connectivity index (χ0) is 23.8. The van der Waals surface area contributed by atoms with E-state index in [4.69, 9.17) is 14.3 Å². The van der Waals surface area contributed by atoms with Crippen molar-refractivity contribution in [3.63, 3.8) is 0 Å². The molecule has 3 atom stereocenters. The van der Waals surface area contributed by atoms with Crippen molar-refractivity contribution in [3.8, 4) is 6.07 Å². The lowest BCUT2D eigenvalue weighted by Crippen LogP contribution is -2.36. The van der Waals surface area contributed by atoms with E-state index in [-0.39, 0.29) is 12.3 Å². The summed E-state index contributed by atoms with van der Waals surface area (Å²) in [5.41, 5.74) is 0. The van der Waals surface area contributed by atoms with E-state index < -0.39 is 8.53 Å². The fraction of sp³-hybridized carbons (Fsp3) is 0.960. The monoisotopic (exact) mass is 471 g/mol. The lowest BCUT2D eigenvalue weighted by molar-refractivity contribution is 0.00467. The first-order valence-corrected chi connectivity index (χ1v) is 14.2. The molecule has 0 aromatic rings. The molecule has 0 spiro atoms. The number of hydrogen-bond acceptors (Lipinski definition) is 6. The number of nitriles is 1. The number of rotatable bonds is 19. The Kier molecular flexibility index (Phi) is 16.8. The van der Waals surface area contributed by atoms with Gasteiger partial charge in [0.2, 0.25) is 0 Å². The lowest BCUT2D eigenvalue weighted by atomic mass is 10.1. The van der Waals surface area contributed by atoms with Crippen molar-refractivity contribution in [1.29, 1.82) is 5.26 Å². The topological polar surface area (TPSA) is 69.0 Å². The van der Waals surface area contributed by atoms with Crippen molar-refractivity contribution in [1.82, 2.24) is 9.57 Å².